The van der Waals surface area contributed by atoms with Crippen molar-refractivity contribution in [3.05, 3.63) is 46.8 Å². The quantitative estimate of drug-likeness (QED) is 0.108. The highest BCUT2D eigenvalue weighted by molar-refractivity contribution is 8.01. The van der Waals surface area contributed by atoms with Crippen LogP contribution in [-0.2, 0) is 19.4 Å². The maximum Gasteiger partial charge on any atom is 0.352 e. The number of halogens is 1. The SMILES string of the molecule is NC(=O)c1n[nH]nc1SCC1=C(C(=O)O)N2C(=O)C(NC(=O)C(N)(Cl)c3ccc(O)cc3)[C@H]2SC1. The lowest BCUT2D eigenvalue weighted by molar-refractivity contribution is -0.151. The topological polar surface area (TPSA) is 218 Å². The number of aromatic amines is 1. The summed E-state index contributed by atoms with van der Waals surface area (Å²) in [5, 5.41) is 31.0. The number of aromatic hydroxyl groups is 1. The number of nitrogens with one attached hydrogen (secondary N) is 2. The van der Waals surface area contributed by atoms with Gasteiger partial charge in [-0.2, -0.15) is 5.21 Å². The van der Waals surface area contributed by atoms with Crippen LogP contribution in [-0.4, -0.2) is 77.1 Å². The fraction of sp³-hybridized carbons (Fsp3) is 0.263. The molecule has 0 saturated carbocycles. The summed E-state index contributed by atoms with van der Waals surface area (Å²) < 4.78 is 0. The zero-order valence-electron chi connectivity index (χ0n) is 17.6. The predicted octanol–water partition coefficient (Wildman–Crippen LogP) is -0.510. The number of carbonyl (C=O) groups is 4. The molecule has 3 heterocycles. The first-order valence-corrected chi connectivity index (χ1v) is 12.2. The van der Waals surface area contributed by atoms with E-state index in [1.165, 1.54) is 36.0 Å². The Kier molecular flexibility index (Phi) is 6.68. The molecule has 3 atom stereocenters. The number of carboxylic acids is 1. The molecule has 0 bridgehead atoms. The zero-order valence-corrected chi connectivity index (χ0v) is 20.0. The Hall–Kier alpha value is -3.27. The lowest BCUT2D eigenvalue weighted by atomic mass is 10.0. The molecule has 13 nitrogen and oxygen atoms in total. The third-order valence-corrected chi connectivity index (χ3v) is 8.07. The van der Waals surface area contributed by atoms with Gasteiger partial charge in [0.1, 0.15) is 22.9 Å². The van der Waals surface area contributed by atoms with Gasteiger partial charge in [-0.15, -0.1) is 22.0 Å². The second kappa shape index (κ2) is 9.41. The van der Waals surface area contributed by atoms with E-state index in [1.54, 1.807) is 0 Å². The molecule has 4 rings (SSSR count). The van der Waals surface area contributed by atoms with E-state index in [2.05, 4.69) is 20.7 Å². The molecule has 35 heavy (non-hydrogen) atoms. The summed E-state index contributed by atoms with van der Waals surface area (Å²) in [7, 11) is 0. The van der Waals surface area contributed by atoms with Crippen molar-refractivity contribution in [2.75, 3.05) is 11.5 Å². The summed E-state index contributed by atoms with van der Waals surface area (Å²) in [6, 6.07) is 4.34. The Morgan fingerprint density at radius 1 is 1.31 bits per heavy atom. The molecule has 1 aromatic carbocycles. The number of phenols is 1. The van der Waals surface area contributed by atoms with Crippen molar-refractivity contribution < 1.29 is 29.4 Å². The number of aromatic nitrogens is 3. The molecule has 2 aliphatic rings. The Morgan fingerprint density at radius 3 is 2.63 bits per heavy atom. The third kappa shape index (κ3) is 4.54. The Bertz CT molecular complexity index is 1250. The van der Waals surface area contributed by atoms with Crippen LogP contribution >= 0.6 is 35.1 Å². The summed E-state index contributed by atoms with van der Waals surface area (Å²) in [6.45, 7) is 0. The molecule has 2 aliphatic heterocycles. The smallest absolute Gasteiger partial charge is 0.352 e. The number of rotatable bonds is 8. The number of phenolic OH excluding ortho intramolecular Hbond substituents is 1. The van der Waals surface area contributed by atoms with Gasteiger partial charge in [0.25, 0.3) is 17.7 Å². The number of fused-ring (bicyclic) bond motifs is 1. The number of aliphatic carboxylic acids is 1. The summed E-state index contributed by atoms with van der Waals surface area (Å²) in [5.74, 6) is -3.26. The lowest BCUT2D eigenvalue weighted by Crippen LogP contribution is -2.72. The highest BCUT2D eigenvalue weighted by Crippen LogP contribution is 2.42. The van der Waals surface area contributed by atoms with Crippen molar-refractivity contribution in [1.29, 1.82) is 0 Å². The number of benzene rings is 1. The fourth-order valence-corrected chi connectivity index (χ4v) is 6.11. The maximum absolute atomic E-state index is 12.9. The maximum atomic E-state index is 12.9. The highest BCUT2D eigenvalue weighted by Gasteiger charge is 2.55. The van der Waals surface area contributed by atoms with Crippen molar-refractivity contribution in [3.8, 4) is 5.75 Å². The minimum atomic E-state index is -2.02. The van der Waals surface area contributed by atoms with E-state index < -0.39 is 40.1 Å². The van der Waals surface area contributed by atoms with E-state index >= 15 is 0 Å². The molecule has 1 aromatic heterocycles. The average molecular weight is 540 g/mol. The number of thioether (sulfide) groups is 2. The van der Waals surface area contributed by atoms with Gasteiger partial charge in [0.05, 0.1) is 0 Å². The Labute approximate surface area is 210 Å². The number of nitrogens with zero attached hydrogens (tertiary/aromatic N) is 3. The van der Waals surface area contributed by atoms with Crippen LogP contribution in [0.1, 0.15) is 16.1 Å². The number of alkyl halides is 1. The lowest BCUT2D eigenvalue weighted by Gasteiger charge is -2.49. The molecular weight excluding hydrogens is 522 g/mol. The molecule has 184 valence electrons. The van der Waals surface area contributed by atoms with Crippen LogP contribution in [0.25, 0.3) is 0 Å². The Morgan fingerprint density at radius 2 is 2.00 bits per heavy atom. The molecule has 0 aliphatic carbocycles. The highest BCUT2D eigenvalue weighted by atomic mass is 35.5. The van der Waals surface area contributed by atoms with Crippen molar-refractivity contribution >= 4 is 58.8 Å². The molecule has 1 fully saturated rings. The number of hydrogen-bond acceptors (Lipinski definition) is 10. The van der Waals surface area contributed by atoms with Crippen molar-refractivity contribution in [2.45, 2.75) is 21.4 Å². The van der Waals surface area contributed by atoms with Gasteiger partial charge in [0.2, 0.25) is 0 Å². The normalized spacial score (nSPS) is 21.1. The first kappa shape index (κ1) is 24.8. The second-order valence-corrected chi connectivity index (χ2v) is 10.2. The van der Waals surface area contributed by atoms with Gasteiger partial charge in [0, 0.05) is 11.5 Å². The van der Waals surface area contributed by atoms with Crippen LogP contribution in [0.3, 0.4) is 0 Å². The van der Waals surface area contributed by atoms with Crippen LogP contribution < -0.4 is 16.8 Å². The standard InChI is InChI=1S/C19H18ClN7O6S2/c20-19(22,8-1-3-9(28)4-2-8)18(33)23-11-15(30)27-12(17(31)32)7(6-35-16(11)27)5-34-14-10(13(21)29)24-26-25-14/h1-4,11,16,28H,5-6,22H2,(H2,21,29)(H,23,33)(H,31,32)(H,24,25,26)/t11?,16-,19?/m1/s1. The molecule has 2 unspecified atom stereocenters. The van der Waals surface area contributed by atoms with Crippen LogP contribution in [0.5, 0.6) is 5.75 Å². The van der Waals surface area contributed by atoms with Crippen molar-refractivity contribution in [1.82, 2.24) is 25.6 Å². The number of primary amides is 1. The number of nitrogens with two attached hydrogens (primary N) is 2. The minimum absolute atomic E-state index is 0.0404. The van der Waals surface area contributed by atoms with Gasteiger partial charge in [-0.05, 0) is 23.3 Å². The number of β-lactam (4-membered cyclic amide) rings is 1. The van der Waals surface area contributed by atoms with Gasteiger partial charge in [-0.3, -0.25) is 19.3 Å². The molecule has 3 amide bonds. The number of carboxylic acid groups (broad SMARTS) is 1. The van der Waals surface area contributed by atoms with Gasteiger partial charge in [-0.1, -0.05) is 35.5 Å². The zero-order chi connectivity index (χ0) is 25.5. The van der Waals surface area contributed by atoms with E-state index in [-0.39, 0.29) is 39.2 Å². The average Bonchev–Trinajstić information content (AvgIpc) is 3.29. The number of amides is 3. The largest absolute Gasteiger partial charge is 0.508 e. The van der Waals surface area contributed by atoms with Crippen LogP contribution in [0, 0.1) is 0 Å². The summed E-state index contributed by atoms with van der Waals surface area (Å²) in [4.78, 5) is 48.1. The molecule has 2 aromatic rings. The first-order valence-electron chi connectivity index (χ1n) is 9.84. The van der Waals surface area contributed by atoms with Crippen LogP contribution in [0.4, 0.5) is 0 Å². The van der Waals surface area contributed by atoms with E-state index in [4.69, 9.17) is 23.1 Å². The Balaban J connectivity index is 1.49. The van der Waals surface area contributed by atoms with Crippen molar-refractivity contribution in [3.63, 3.8) is 0 Å². The van der Waals surface area contributed by atoms with Gasteiger partial charge in [-0.25, -0.2) is 4.79 Å². The summed E-state index contributed by atoms with van der Waals surface area (Å²) in [5.41, 5.74) is 11.6. The van der Waals surface area contributed by atoms with Gasteiger partial charge in [0.15, 0.2) is 15.7 Å². The molecule has 0 spiro atoms. The van der Waals surface area contributed by atoms with Crippen LogP contribution in [0.2, 0.25) is 0 Å². The minimum Gasteiger partial charge on any atom is -0.508 e. The van der Waals surface area contributed by atoms with E-state index in [1.807, 2.05) is 0 Å². The first-order chi connectivity index (χ1) is 16.5. The molecule has 8 N–H and O–H groups in total. The third-order valence-electron chi connectivity index (χ3n) is 5.29. The van der Waals surface area contributed by atoms with E-state index in [0.29, 0.717) is 5.57 Å². The number of H-pyrrole nitrogens is 1. The molecule has 1 saturated heterocycles. The van der Waals surface area contributed by atoms with Gasteiger partial charge < -0.3 is 27.0 Å². The van der Waals surface area contributed by atoms with Gasteiger partial charge >= 0.3 is 5.97 Å². The number of carbonyl (C=O) groups excluding carboxylic acids is 3. The van der Waals surface area contributed by atoms with Crippen LogP contribution in [0.15, 0.2) is 40.6 Å². The van der Waals surface area contributed by atoms with E-state index in [9.17, 15) is 29.4 Å². The molecule has 16 heteroatoms. The van der Waals surface area contributed by atoms with Crippen molar-refractivity contribution in [2.24, 2.45) is 11.5 Å². The van der Waals surface area contributed by atoms with E-state index in [0.717, 1.165) is 16.7 Å². The number of hydrogen-bond donors (Lipinski definition) is 6. The predicted molar refractivity (Wildman–Crippen MR) is 125 cm³/mol. The summed E-state index contributed by atoms with van der Waals surface area (Å²) in [6.07, 6.45) is 0. The molecule has 0 radical (unpaired) electrons. The second-order valence-electron chi connectivity index (χ2n) is 7.51. The summed E-state index contributed by atoms with van der Waals surface area (Å²) >= 11 is 8.55. The molecular formula is C19H18ClN7O6S2. The fourth-order valence-electron chi connectivity index (χ4n) is 3.51. The monoisotopic (exact) mass is 539 g/mol.